The molecule has 2 aromatic carbocycles. The minimum atomic E-state index is -0.0696. The van der Waals surface area contributed by atoms with Gasteiger partial charge in [0, 0.05) is 0 Å². The van der Waals surface area contributed by atoms with Crippen molar-refractivity contribution < 1.29 is 0 Å². The number of benzene rings is 2. The number of hydrogen-bond donors (Lipinski definition) is 0. The van der Waals surface area contributed by atoms with E-state index in [1.807, 2.05) is 57.9 Å². The average molecular weight is 292 g/mol. The highest BCUT2D eigenvalue weighted by Crippen LogP contribution is 2.26. The van der Waals surface area contributed by atoms with E-state index in [0.717, 1.165) is 22.1 Å². The van der Waals surface area contributed by atoms with E-state index in [0.29, 0.717) is 0 Å². The Labute approximate surface area is 127 Å². The van der Waals surface area contributed by atoms with Crippen LogP contribution in [0.4, 0.5) is 0 Å². The second kappa shape index (κ2) is 4.91. The van der Waals surface area contributed by atoms with Crippen molar-refractivity contribution in [2.45, 2.75) is 20.0 Å². The molecule has 0 aliphatic heterocycles. The van der Waals surface area contributed by atoms with Gasteiger partial charge in [-0.1, -0.05) is 48.5 Å². The van der Waals surface area contributed by atoms with E-state index in [2.05, 4.69) is 34.5 Å². The maximum absolute atomic E-state index is 4.36. The highest BCUT2D eigenvalue weighted by molar-refractivity contribution is 5.75. The van der Waals surface area contributed by atoms with E-state index in [-0.39, 0.29) is 12.1 Å². The van der Waals surface area contributed by atoms with Gasteiger partial charge in [0.25, 0.3) is 0 Å². The van der Waals surface area contributed by atoms with Crippen LogP contribution in [0.25, 0.3) is 22.1 Å². The molecule has 0 radical (unpaired) electrons. The largest absolute Gasteiger partial charge is 0.220 e. The zero-order valence-corrected chi connectivity index (χ0v) is 12.5. The smallest absolute Gasteiger partial charge is 0.150 e. The first-order valence-electron chi connectivity index (χ1n) is 7.35. The molecule has 0 atom stereocenters. The Hall–Kier alpha value is -2.76. The minimum absolute atomic E-state index is 0.0696. The number of aromatic nitrogens is 6. The van der Waals surface area contributed by atoms with Gasteiger partial charge in [0.15, 0.2) is 6.17 Å². The van der Waals surface area contributed by atoms with Gasteiger partial charge in [0.1, 0.15) is 11.0 Å². The summed E-state index contributed by atoms with van der Waals surface area (Å²) in [7, 11) is 0. The first-order valence-corrected chi connectivity index (χ1v) is 7.35. The van der Waals surface area contributed by atoms with Crippen LogP contribution in [0.15, 0.2) is 48.5 Å². The van der Waals surface area contributed by atoms with Crippen molar-refractivity contribution >= 4 is 22.1 Å². The summed E-state index contributed by atoms with van der Waals surface area (Å²) < 4.78 is 3.86. The van der Waals surface area contributed by atoms with Gasteiger partial charge in [-0.15, -0.1) is 10.2 Å². The molecular weight excluding hydrogens is 276 g/mol. The highest BCUT2D eigenvalue weighted by Gasteiger charge is 2.24. The maximum Gasteiger partial charge on any atom is 0.150 e. The standard InChI is InChI=1S/C16H16N6/c1-11(2)16(21-14-9-5-3-7-12(14)17-19-21)22-15-10-6-4-8-13(15)18-20-22/h3-11,16H,1-2H3. The Balaban J connectivity index is 1.95. The van der Waals surface area contributed by atoms with Crippen LogP contribution in [0, 0.1) is 5.92 Å². The number of rotatable bonds is 3. The molecule has 22 heavy (non-hydrogen) atoms. The minimum Gasteiger partial charge on any atom is -0.220 e. The molecule has 0 aliphatic rings. The Bertz CT molecular complexity index is 862. The molecule has 4 aromatic rings. The lowest BCUT2D eigenvalue weighted by molar-refractivity contribution is 0.280. The summed E-state index contributed by atoms with van der Waals surface area (Å²) in [5, 5.41) is 17.2. The first kappa shape index (κ1) is 12.9. The lowest BCUT2D eigenvalue weighted by atomic mass is 10.1. The fourth-order valence-electron chi connectivity index (χ4n) is 2.83. The predicted molar refractivity (Wildman–Crippen MR) is 84.3 cm³/mol. The summed E-state index contributed by atoms with van der Waals surface area (Å²) in [5.74, 6) is 0.287. The second-order valence-electron chi connectivity index (χ2n) is 5.70. The van der Waals surface area contributed by atoms with Gasteiger partial charge in [-0.05, 0) is 30.2 Å². The molecule has 4 rings (SSSR count). The molecule has 0 spiro atoms. The summed E-state index contributed by atoms with van der Waals surface area (Å²) in [6.07, 6.45) is -0.0696. The number of fused-ring (bicyclic) bond motifs is 2. The van der Waals surface area contributed by atoms with Gasteiger partial charge < -0.3 is 0 Å². The third-order valence-corrected chi connectivity index (χ3v) is 3.85. The SMILES string of the molecule is CC(C)C(n1nnc2ccccc21)n1nnc2ccccc21. The molecule has 2 heterocycles. The molecule has 0 fully saturated rings. The van der Waals surface area contributed by atoms with Crippen LogP contribution < -0.4 is 0 Å². The topological polar surface area (TPSA) is 61.4 Å². The Morgan fingerprint density at radius 3 is 1.64 bits per heavy atom. The Morgan fingerprint density at radius 1 is 0.727 bits per heavy atom. The van der Waals surface area contributed by atoms with E-state index in [1.54, 1.807) is 0 Å². The van der Waals surface area contributed by atoms with Crippen LogP contribution in [0.5, 0.6) is 0 Å². The van der Waals surface area contributed by atoms with Crippen LogP contribution in [-0.4, -0.2) is 30.0 Å². The number of nitrogens with zero attached hydrogens (tertiary/aromatic N) is 6. The number of para-hydroxylation sites is 2. The van der Waals surface area contributed by atoms with Crippen LogP contribution in [0.3, 0.4) is 0 Å². The van der Waals surface area contributed by atoms with E-state index in [1.165, 1.54) is 0 Å². The fraction of sp³-hybridized carbons (Fsp3) is 0.250. The van der Waals surface area contributed by atoms with E-state index in [9.17, 15) is 0 Å². The molecule has 0 aliphatic carbocycles. The van der Waals surface area contributed by atoms with Crippen molar-refractivity contribution in [2.75, 3.05) is 0 Å². The molecule has 6 nitrogen and oxygen atoms in total. The van der Waals surface area contributed by atoms with Gasteiger partial charge in [0.2, 0.25) is 0 Å². The normalized spacial score (nSPS) is 12.0. The van der Waals surface area contributed by atoms with Crippen molar-refractivity contribution in [3.63, 3.8) is 0 Å². The molecule has 0 bridgehead atoms. The summed E-state index contributed by atoms with van der Waals surface area (Å²) in [4.78, 5) is 0. The molecule has 0 unspecified atom stereocenters. The van der Waals surface area contributed by atoms with Gasteiger partial charge in [-0.3, -0.25) is 0 Å². The van der Waals surface area contributed by atoms with Crippen molar-refractivity contribution in [2.24, 2.45) is 5.92 Å². The van der Waals surface area contributed by atoms with E-state index < -0.39 is 0 Å². The third-order valence-electron chi connectivity index (χ3n) is 3.85. The van der Waals surface area contributed by atoms with Crippen molar-refractivity contribution in [1.82, 2.24) is 30.0 Å². The van der Waals surface area contributed by atoms with Crippen LogP contribution in [0.1, 0.15) is 20.0 Å². The molecule has 0 N–H and O–H groups in total. The lowest BCUT2D eigenvalue weighted by Gasteiger charge is -2.22. The van der Waals surface area contributed by atoms with Gasteiger partial charge in [0.05, 0.1) is 11.0 Å². The quantitative estimate of drug-likeness (QED) is 0.582. The van der Waals surface area contributed by atoms with E-state index in [4.69, 9.17) is 0 Å². The Kier molecular flexibility index (Phi) is 2.89. The highest BCUT2D eigenvalue weighted by atomic mass is 15.6. The predicted octanol–water partition coefficient (Wildman–Crippen LogP) is 2.88. The van der Waals surface area contributed by atoms with Crippen molar-refractivity contribution in [1.29, 1.82) is 0 Å². The number of hydrogen-bond acceptors (Lipinski definition) is 4. The van der Waals surface area contributed by atoms with Crippen molar-refractivity contribution in [3.8, 4) is 0 Å². The molecular formula is C16H16N6. The zero-order valence-electron chi connectivity index (χ0n) is 12.5. The van der Waals surface area contributed by atoms with Gasteiger partial charge in [-0.2, -0.15) is 0 Å². The lowest BCUT2D eigenvalue weighted by Crippen LogP contribution is -2.25. The van der Waals surface area contributed by atoms with Gasteiger partial charge in [-0.25, -0.2) is 9.36 Å². The first-order chi connectivity index (χ1) is 10.8. The monoisotopic (exact) mass is 292 g/mol. The fourth-order valence-corrected chi connectivity index (χ4v) is 2.83. The molecule has 0 saturated heterocycles. The summed E-state index contributed by atoms with van der Waals surface area (Å²) in [6, 6.07) is 15.9. The van der Waals surface area contributed by atoms with Gasteiger partial charge >= 0.3 is 0 Å². The third kappa shape index (κ3) is 1.88. The summed E-state index contributed by atoms with van der Waals surface area (Å²) in [6.45, 7) is 4.30. The summed E-state index contributed by atoms with van der Waals surface area (Å²) >= 11 is 0. The average Bonchev–Trinajstić information content (AvgIpc) is 3.13. The molecule has 110 valence electrons. The summed E-state index contributed by atoms with van der Waals surface area (Å²) in [5.41, 5.74) is 3.77. The Morgan fingerprint density at radius 2 is 1.18 bits per heavy atom. The molecule has 2 aromatic heterocycles. The van der Waals surface area contributed by atoms with Crippen LogP contribution in [-0.2, 0) is 0 Å². The maximum atomic E-state index is 4.36. The molecule has 0 amide bonds. The van der Waals surface area contributed by atoms with Crippen LogP contribution in [0.2, 0.25) is 0 Å². The van der Waals surface area contributed by atoms with Crippen LogP contribution >= 0.6 is 0 Å². The molecule has 6 heteroatoms. The zero-order chi connectivity index (χ0) is 15.1. The van der Waals surface area contributed by atoms with Crippen molar-refractivity contribution in [3.05, 3.63) is 48.5 Å². The molecule has 0 saturated carbocycles. The van der Waals surface area contributed by atoms with E-state index >= 15 is 0 Å². The second-order valence-corrected chi connectivity index (χ2v) is 5.70.